The molecule has 19 heavy (non-hydrogen) atoms. The Labute approximate surface area is 114 Å². The van der Waals surface area contributed by atoms with Crippen molar-refractivity contribution in [3.05, 3.63) is 40.5 Å². The van der Waals surface area contributed by atoms with Gasteiger partial charge >= 0.3 is 0 Å². The number of carbonyl (C=O) groups is 1. The fourth-order valence-corrected chi connectivity index (χ4v) is 1.99. The molecule has 3 nitrogen and oxygen atoms in total. The zero-order chi connectivity index (χ0) is 13.8. The summed E-state index contributed by atoms with van der Waals surface area (Å²) in [4.78, 5) is 12.2. The molecule has 0 radical (unpaired) electrons. The van der Waals surface area contributed by atoms with Gasteiger partial charge in [0.1, 0.15) is 0 Å². The monoisotopic (exact) mass is 259 g/mol. The molecule has 1 N–H and O–H groups in total. The van der Waals surface area contributed by atoms with Crippen LogP contribution in [0.4, 0.5) is 0 Å². The smallest absolute Gasteiger partial charge is 0.251 e. The lowest BCUT2D eigenvalue weighted by Crippen LogP contribution is -2.26. The molecular formula is C16H21NO2. The van der Waals surface area contributed by atoms with Gasteiger partial charge in [-0.05, 0) is 49.4 Å². The summed E-state index contributed by atoms with van der Waals surface area (Å²) in [6, 6.07) is 4.43. The number of amides is 1. The molecule has 0 atom stereocenters. The molecule has 1 amide bonds. The zero-order valence-corrected chi connectivity index (χ0v) is 11.8. The molecule has 1 aliphatic carbocycles. The molecule has 1 saturated carbocycles. The van der Waals surface area contributed by atoms with E-state index in [4.69, 9.17) is 4.74 Å². The Morgan fingerprint density at radius 2 is 2.16 bits per heavy atom. The molecule has 0 aliphatic heterocycles. The highest BCUT2D eigenvalue weighted by atomic mass is 16.5. The second-order valence-corrected chi connectivity index (χ2v) is 5.12. The molecule has 1 aromatic carbocycles. The highest BCUT2D eigenvalue weighted by Gasteiger charge is 2.24. The number of ether oxygens (including phenoxy) is 1. The van der Waals surface area contributed by atoms with Gasteiger partial charge in [0, 0.05) is 18.7 Å². The van der Waals surface area contributed by atoms with Crippen LogP contribution < -0.4 is 5.32 Å². The first-order chi connectivity index (χ1) is 9.11. The van der Waals surface area contributed by atoms with Crippen LogP contribution >= 0.6 is 0 Å². The van der Waals surface area contributed by atoms with Crippen LogP contribution in [0.1, 0.15) is 39.9 Å². The topological polar surface area (TPSA) is 38.3 Å². The summed E-state index contributed by atoms with van der Waals surface area (Å²) in [7, 11) is 1.67. The zero-order valence-electron chi connectivity index (χ0n) is 11.8. The molecule has 0 heterocycles. The fraction of sp³-hybridized carbons (Fsp3) is 0.438. The van der Waals surface area contributed by atoms with Gasteiger partial charge in [0.25, 0.3) is 5.91 Å². The maximum absolute atomic E-state index is 12.2. The number of hydrogen-bond acceptors (Lipinski definition) is 2. The normalized spacial score (nSPS) is 14.9. The number of nitrogens with one attached hydrogen (secondary N) is 1. The molecule has 3 heteroatoms. The summed E-state index contributed by atoms with van der Waals surface area (Å²) < 4.78 is 4.99. The van der Waals surface area contributed by atoms with E-state index in [9.17, 15) is 4.79 Å². The van der Waals surface area contributed by atoms with Gasteiger partial charge in [0.05, 0.1) is 6.61 Å². The van der Waals surface area contributed by atoms with Crippen LogP contribution in [0.2, 0.25) is 0 Å². The van der Waals surface area contributed by atoms with Gasteiger partial charge in [0.15, 0.2) is 0 Å². The van der Waals surface area contributed by atoms with Gasteiger partial charge in [-0.25, -0.2) is 0 Å². The molecule has 0 saturated heterocycles. The predicted molar refractivity (Wildman–Crippen MR) is 77.3 cm³/mol. The highest BCUT2D eigenvalue weighted by molar-refractivity contribution is 5.97. The van der Waals surface area contributed by atoms with E-state index in [-0.39, 0.29) is 5.91 Å². The summed E-state index contributed by atoms with van der Waals surface area (Å²) in [6.45, 7) is 4.62. The molecule has 0 unspecified atom stereocenters. The van der Waals surface area contributed by atoms with Crippen LogP contribution in [-0.2, 0) is 4.74 Å². The van der Waals surface area contributed by atoms with Crippen molar-refractivity contribution in [1.29, 1.82) is 0 Å². The van der Waals surface area contributed by atoms with E-state index < -0.39 is 0 Å². The third-order valence-corrected chi connectivity index (χ3v) is 3.42. The van der Waals surface area contributed by atoms with Crippen molar-refractivity contribution in [3.63, 3.8) is 0 Å². The summed E-state index contributed by atoms with van der Waals surface area (Å²) in [6.07, 6.45) is 6.16. The van der Waals surface area contributed by atoms with Gasteiger partial charge in [-0.1, -0.05) is 18.2 Å². The summed E-state index contributed by atoms with van der Waals surface area (Å²) in [5, 5.41) is 3.04. The predicted octanol–water partition coefficient (Wildman–Crippen LogP) is 2.86. The number of methoxy groups -OCH3 is 1. The average molecular weight is 259 g/mol. The maximum atomic E-state index is 12.2. The van der Waals surface area contributed by atoms with Gasteiger partial charge < -0.3 is 10.1 Å². The second kappa shape index (κ2) is 6.02. The Hall–Kier alpha value is -1.61. The average Bonchev–Trinajstić information content (AvgIpc) is 3.17. The van der Waals surface area contributed by atoms with Gasteiger partial charge in [0.2, 0.25) is 0 Å². The lowest BCUT2D eigenvalue weighted by Gasteiger charge is -2.11. The Morgan fingerprint density at radius 3 is 2.79 bits per heavy atom. The lowest BCUT2D eigenvalue weighted by molar-refractivity contribution is 0.0950. The number of carbonyl (C=O) groups excluding carboxylic acids is 1. The first-order valence-electron chi connectivity index (χ1n) is 6.69. The fourth-order valence-electron chi connectivity index (χ4n) is 1.99. The molecule has 0 bridgehead atoms. The quantitative estimate of drug-likeness (QED) is 0.883. The van der Waals surface area contributed by atoms with E-state index in [1.165, 1.54) is 0 Å². The molecule has 102 valence electrons. The first-order valence-corrected chi connectivity index (χ1v) is 6.69. The van der Waals surface area contributed by atoms with Crippen molar-refractivity contribution in [2.24, 2.45) is 0 Å². The summed E-state index contributed by atoms with van der Waals surface area (Å²) in [5.74, 6) is 0.0464. The van der Waals surface area contributed by atoms with E-state index in [0.717, 1.165) is 35.1 Å². The Balaban J connectivity index is 2.22. The minimum atomic E-state index is 0.0464. The third kappa shape index (κ3) is 3.67. The number of rotatable bonds is 5. The van der Waals surface area contributed by atoms with Crippen molar-refractivity contribution >= 4 is 12.0 Å². The summed E-state index contributed by atoms with van der Waals surface area (Å²) in [5.41, 5.74) is 4.02. The Kier molecular flexibility index (Phi) is 4.38. The SMILES string of the molecule is COC/C=C/c1cc(C)c(C)c(C(=O)NC2CC2)c1. The van der Waals surface area contributed by atoms with Crippen LogP contribution in [0.5, 0.6) is 0 Å². The van der Waals surface area contributed by atoms with E-state index in [2.05, 4.69) is 11.4 Å². The van der Waals surface area contributed by atoms with Crippen LogP contribution in [0.3, 0.4) is 0 Å². The minimum Gasteiger partial charge on any atom is -0.381 e. The number of aryl methyl sites for hydroxylation is 1. The highest BCUT2D eigenvalue weighted by Crippen LogP contribution is 2.22. The molecule has 0 spiro atoms. The molecule has 1 aromatic rings. The standard InChI is InChI=1S/C16H21NO2/c1-11-9-13(5-4-8-19-3)10-15(12(11)2)16(18)17-14-6-7-14/h4-5,9-10,14H,6-8H2,1-3H3,(H,17,18)/b5-4+. The summed E-state index contributed by atoms with van der Waals surface area (Å²) >= 11 is 0. The Bertz CT molecular complexity index is 502. The minimum absolute atomic E-state index is 0.0464. The van der Waals surface area contributed by atoms with Gasteiger partial charge in [-0.2, -0.15) is 0 Å². The molecule has 1 fully saturated rings. The molecular weight excluding hydrogens is 238 g/mol. The van der Waals surface area contributed by atoms with E-state index >= 15 is 0 Å². The van der Waals surface area contributed by atoms with Crippen LogP contribution in [-0.4, -0.2) is 25.7 Å². The van der Waals surface area contributed by atoms with Crippen molar-refractivity contribution in [2.75, 3.05) is 13.7 Å². The van der Waals surface area contributed by atoms with Gasteiger partial charge in [-0.15, -0.1) is 0 Å². The van der Waals surface area contributed by atoms with Crippen LogP contribution in [0.15, 0.2) is 18.2 Å². The van der Waals surface area contributed by atoms with E-state index in [1.54, 1.807) is 7.11 Å². The molecule has 0 aromatic heterocycles. The molecule has 2 rings (SSSR count). The first kappa shape index (κ1) is 13.8. The second-order valence-electron chi connectivity index (χ2n) is 5.12. The van der Waals surface area contributed by atoms with Crippen molar-refractivity contribution in [3.8, 4) is 0 Å². The molecule has 1 aliphatic rings. The number of benzene rings is 1. The largest absolute Gasteiger partial charge is 0.381 e. The van der Waals surface area contributed by atoms with Crippen molar-refractivity contribution in [1.82, 2.24) is 5.32 Å². The van der Waals surface area contributed by atoms with Crippen molar-refractivity contribution in [2.45, 2.75) is 32.7 Å². The van der Waals surface area contributed by atoms with E-state index in [0.29, 0.717) is 12.6 Å². The van der Waals surface area contributed by atoms with Crippen LogP contribution in [0, 0.1) is 13.8 Å². The Morgan fingerprint density at radius 1 is 1.42 bits per heavy atom. The maximum Gasteiger partial charge on any atom is 0.251 e. The van der Waals surface area contributed by atoms with Crippen molar-refractivity contribution < 1.29 is 9.53 Å². The third-order valence-electron chi connectivity index (χ3n) is 3.42. The van der Waals surface area contributed by atoms with E-state index in [1.807, 2.05) is 32.1 Å². The lowest BCUT2D eigenvalue weighted by atomic mass is 9.98. The number of hydrogen-bond donors (Lipinski definition) is 1. The van der Waals surface area contributed by atoms with Gasteiger partial charge in [-0.3, -0.25) is 4.79 Å². The van der Waals surface area contributed by atoms with Crippen LogP contribution in [0.25, 0.3) is 6.08 Å².